The van der Waals surface area contributed by atoms with Crippen molar-refractivity contribution < 1.29 is 4.74 Å². The van der Waals surface area contributed by atoms with Gasteiger partial charge in [0.15, 0.2) is 0 Å². The number of methoxy groups -OCH3 is 1. The zero-order valence-electron chi connectivity index (χ0n) is 12.5. The topological polar surface area (TPSA) is 24.5 Å². The van der Waals surface area contributed by atoms with Gasteiger partial charge in [0.1, 0.15) is 0 Å². The summed E-state index contributed by atoms with van der Waals surface area (Å²) in [5, 5.41) is 3.70. The maximum atomic E-state index is 5.59. The van der Waals surface area contributed by atoms with Gasteiger partial charge in [0.25, 0.3) is 0 Å². The lowest BCUT2D eigenvalue weighted by atomic mass is 9.63. The second-order valence-electron chi connectivity index (χ2n) is 6.59. The van der Waals surface area contributed by atoms with E-state index in [2.05, 4.69) is 31.0 Å². The Labute approximate surface area is 112 Å². The second-order valence-corrected chi connectivity index (χ2v) is 6.59. The first-order valence-corrected chi connectivity index (χ1v) is 7.59. The molecule has 2 rings (SSSR count). The van der Waals surface area contributed by atoms with Crippen molar-refractivity contribution in [3.63, 3.8) is 0 Å². The second kappa shape index (κ2) is 5.89. The van der Waals surface area contributed by atoms with Crippen LogP contribution in [0.5, 0.6) is 0 Å². The summed E-state index contributed by atoms with van der Waals surface area (Å²) >= 11 is 0. The minimum Gasteiger partial charge on any atom is -0.381 e. The van der Waals surface area contributed by atoms with Gasteiger partial charge in [0, 0.05) is 31.2 Å². The summed E-state index contributed by atoms with van der Waals surface area (Å²) < 4.78 is 5.59. The fourth-order valence-corrected chi connectivity index (χ4v) is 3.74. The molecule has 0 bridgehead atoms. The summed E-state index contributed by atoms with van der Waals surface area (Å²) in [7, 11) is 1.85. The Morgan fingerprint density at radius 2 is 2.17 bits per heavy atom. The van der Waals surface area contributed by atoms with Gasteiger partial charge >= 0.3 is 0 Å². The number of hydrogen-bond donors (Lipinski definition) is 1. The van der Waals surface area contributed by atoms with Crippen molar-refractivity contribution in [3.05, 3.63) is 0 Å². The van der Waals surface area contributed by atoms with Crippen molar-refractivity contribution in [1.29, 1.82) is 0 Å². The number of hydrogen-bond acceptors (Lipinski definition) is 3. The standard InChI is InChI=1S/C15H30N2O/c1-5-7-12-11-17(9-6-8-16-12)13-10-14(18-4)15(13,2)3/h12-14,16H,5-11H2,1-4H3. The van der Waals surface area contributed by atoms with Crippen LogP contribution in [0.2, 0.25) is 0 Å². The largest absolute Gasteiger partial charge is 0.381 e. The molecular formula is C15H30N2O. The summed E-state index contributed by atoms with van der Waals surface area (Å²) in [6.07, 6.45) is 5.52. The maximum absolute atomic E-state index is 5.59. The summed E-state index contributed by atoms with van der Waals surface area (Å²) in [5.74, 6) is 0. The molecule has 106 valence electrons. The third kappa shape index (κ3) is 2.73. The van der Waals surface area contributed by atoms with E-state index in [1.807, 2.05) is 7.11 Å². The van der Waals surface area contributed by atoms with Crippen LogP contribution in [0, 0.1) is 5.41 Å². The molecule has 1 heterocycles. The van der Waals surface area contributed by atoms with Crippen LogP contribution in [-0.2, 0) is 4.74 Å². The van der Waals surface area contributed by atoms with Gasteiger partial charge < -0.3 is 10.1 Å². The van der Waals surface area contributed by atoms with E-state index in [1.165, 1.54) is 45.3 Å². The first-order chi connectivity index (χ1) is 8.59. The van der Waals surface area contributed by atoms with E-state index >= 15 is 0 Å². The zero-order chi connectivity index (χ0) is 13.2. The quantitative estimate of drug-likeness (QED) is 0.833. The molecule has 1 aliphatic carbocycles. The van der Waals surface area contributed by atoms with Crippen LogP contribution in [0.15, 0.2) is 0 Å². The van der Waals surface area contributed by atoms with Crippen LogP contribution >= 0.6 is 0 Å². The Balaban J connectivity index is 1.95. The van der Waals surface area contributed by atoms with Crippen LogP contribution in [-0.4, -0.2) is 49.8 Å². The first kappa shape index (κ1) is 14.3. The van der Waals surface area contributed by atoms with E-state index in [-0.39, 0.29) is 0 Å². The van der Waals surface area contributed by atoms with E-state index < -0.39 is 0 Å². The summed E-state index contributed by atoms with van der Waals surface area (Å²) in [6.45, 7) is 10.7. The molecule has 18 heavy (non-hydrogen) atoms. The lowest BCUT2D eigenvalue weighted by Gasteiger charge is -2.55. The van der Waals surface area contributed by atoms with Crippen LogP contribution in [0.25, 0.3) is 0 Å². The highest BCUT2D eigenvalue weighted by atomic mass is 16.5. The van der Waals surface area contributed by atoms with Crippen molar-refractivity contribution in [2.24, 2.45) is 5.41 Å². The number of nitrogens with one attached hydrogen (secondary N) is 1. The summed E-state index contributed by atoms with van der Waals surface area (Å²) in [5.41, 5.74) is 0.315. The normalized spacial score (nSPS) is 37.0. The Morgan fingerprint density at radius 1 is 1.39 bits per heavy atom. The van der Waals surface area contributed by atoms with Crippen LogP contribution in [0.1, 0.15) is 46.5 Å². The monoisotopic (exact) mass is 254 g/mol. The average molecular weight is 254 g/mol. The first-order valence-electron chi connectivity index (χ1n) is 7.59. The molecule has 0 aromatic heterocycles. The fraction of sp³-hybridized carbons (Fsp3) is 1.00. The van der Waals surface area contributed by atoms with Gasteiger partial charge in [-0.05, 0) is 32.4 Å². The third-order valence-corrected chi connectivity index (χ3v) is 5.00. The molecule has 3 unspecified atom stereocenters. The van der Waals surface area contributed by atoms with Crippen LogP contribution in [0.4, 0.5) is 0 Å². The molecule has 1 saturated carbocycles. The SMILES string of the molecule is CCCC1CN(C2CC(OC)C2(C)C)CCCN1. The Bertz CT molecular complexity index is 267. The van der Waals surface area contributed by atoms with Crippen molar-refractivity contribution >= 4 is 0 Å². The highest BCUT2D eigenvalue weighted by molar-refractivity contribution is 5.04. The van der Waals surface area contributed by atoms with Crippen LogP contribution in [0.3, 0.4) is 0 Å². The third-order valence-electron chi connectivity index (χ3n) is 5.00. The molecule has 3 nitrogen and oxygen atoms in total. The molecule has 0 amide bonds. The molecule has 3 heteroatoms. The average Bonchev–Trinajstić information content (AvgIpc) is 2.54. The number of ether oxygens (including phenoxy) is 1. The van der Waals surface area contributed by atoms with Crippen molar-refractivity contribution in [3.8, 4) is 0 Å². The van der Waals surface area contributed by atoms with Crippen molar-refractivity contribution in [2.45, 2.75) is 64.6 Å². The zero-order valence-corrected chi connectivity index (χ0v) is 12.5. The van der Waals surface area contributed by atoms with E-state index in [4.69, 9.17) is 4.74 Å². The molecule has 0 aromatic rings. The predicted molar refractivity (Wildman–Crippen MR) is 75.9 cm³/mol. The number of rotatable bonds is 4. The van der Waals surface area contributed by atoms with Gasteiger partial charge in [-0.3, -0.25) is 4.90 Å². The molecule has 1 aliphatic heterocycles. The Morgan fingerprint density at radius 3 is 2.78 bits per heavy atom. The van der Waals surface area contributed by atoms with Gasteiger partial charge in [-0.2, -0.15) is 0 Å². The Kier molecular flexibility index (Phi) is 4.68. The minimum absolute atomic E-state index is 0.315. The van der Waals surface area contributed by atoms with E-state index in [0.29, 0.717) is 23.6 Å². The molecule has 1 N–H and O–H groups in total. The van der Waals surface area contributed by atoms with Crippen molar-refractivity contribution in [1.82, 2.24) is 10.2 Å². The molecule has 1 saturated heterocycles. The smallest absolute Gasteiger partial charge is 0.0652 e. The maximum Gasteiger partial charge on any atom is 0.0652 e. The predicted octanol–water partition coefficient (Wildman–Crippen LogP) is 2.26. The molecule has 2 fully saturated rings. The summed E-state index contributed by atoms with van der Waals surface area (Å²) in [4.78, 5) is 2.72. The summed E-state index contributed by atoms with van der Waals surface area (Å²) in [6, 6.07) is 1.40. The lowest BCUT2D eigenvalue weighted by Crippen LogP contribution is -2.62. The Hall–Kier alpha value is -0.120. The molecule has 0 aromatic carbocycles. The van der Waals surface area contributed by atoms with E-state index in [9.17, 15) is 0 Å². The molecule has 2 aliphatic rings. The minimum atomic E-state index is 0.315. The molecular weight excluding hydrogens is 224 g/mol. The van der Waals surface area contributed by atoms with Gasteiger partial charge in [0.05, 0.1) is 6.10 Å². The number of nitrogens with zero attached hydrogens (tertiary/aromatic N) is 1. The highest BCUT2D eigenvalue weighted by Gasteiger charge is 2.51. The van der Waals surface area contributed by atoms with Gasteiger partial charge in [-0.1, -0.05) is 27.2 Å². The molecule has 0 spiro atoms. The van der Waals surface area contributed by atoms with E-state index in [0.717, 1.165) is 0 Å². The van der Waals surface area contributed by atoms with Crippen LogP contribution < -0.4 is 5.32 Å². The van der Waals surface area contributed by atoms with Gasteiger partial charge in [0.2, 0.25) is 0 Å². The molecule has 3 atom stereocenters. The van der Waals surface area contributed by atoms with Gasteiger partial charge in [-0.15, -0.1) is 0 Å². The van der Waals surface area contributed by atoms with Gasteiger partial charge in [-0.25, -0.2) is 0 Å². The highest BCUT2D eigenvalue weighted by Crippen LogP contribution is 2.45. The van der Waals surface area contributed by atoms with E-state index in [1.54, 1.807) is 0 Å². The van der Waals surface area contributed by atoms with Crippen molar-refractivity contribution in [2.75, 3.05) is 26.7 Å². The molecule has 0 radical (unpaired) electrons. The fourth-order valence-electron chi connectivity index (χ4n) is 3.74. The lowest BCUT2D eigenvalue weighted by molar-refractivity contribution is -0.138.